The van der Waals surface area contributed by atoms with Gasteiger partial charge in [-0.15, -0.1) is 0 Å². The van der Waals surface area contributed by atoms with Crippen molar-refractivity contribution in [3.63, 3.8) is 0 Å². The highest BCUT2D eigenvalue weighted by Crippen LogP contribution is 2.10. The summed E-state index contributed by atoms with van der Waals surface area (Å²) in [6.45, 7) is 5.79. The number of hydrogen-bond donors (Lipinski definition) is 1. The Bertz CT molecular complexity index is 209. The fraction of sp³-hybridized carbons (Fsp3) is 0.500. The van der Waals surface area contributed by atoms with Crippen LogP contribution in [0.25, 0.3) is 0 Å². The van der Waals surface area contributed by atoms with Crippen molar-refractivity contribution in [3.8, 4) is 0 Å². The minimum Gasteiger partial charge on any atom is -0.375 e. The van der Waals surface area contributed by atoms with Gasteiger partial charge in [-0.05, 0) is 25.1 Å². The quantitative estimate of drug-likeness (QED) is 0.798. The van der Waals surface area contributed by atoms with E-state index in [1.165, 1.54) is 5.69 Å². The van der Waals surface area contributed by atoms with E-state index in [-0.39, 0.29) is 0 Å². The van der Waals surface area contributed by atoms with Gasteiger partial charge in [0.05, 0.1) is 0 Å². The first kappa shape index (κ1) is 13.0. The van der Waals surface area contributed by atoms with Crippen molar-refractivity contribution in [1.29, 1.82) is 0 Å². The van der Waals surface area contributed by atoms with Crippen LogP contribution in [0.1, 0.15) is 20.3 Å². The summed E-state index contributed by atoms with van der Waals surface area (Å²) in [5, 5.41) is 0. The van der Waals surface area contributed by atoms with Gasteiger partial charge in [0.25, 0.3) is 0 Å². The van der Waals surface area contributed by atoms with E-state index in [1.807, 2.05) is 32.0 Å². The maximum Gasteiger partial charge on any atom is 0.0363 e. The number of hydrogen-bond acceptors (Lipinski definition) is 2. The minimum absolute atomic E-state index is 0.761. The summed E-state index contributed by atoms with van der Waals surface area (Å²) in [5.74, 6) is 0. The molecule has 1 aromatic carbocycles. The van der Waals surface area contributed by atoms with Crippen molar-refractivity contribution in [2.75, 3.05) is 25.0 Å². The van der Waals surface area contributed by atoms with Gasteiger partial charge < -0.3 is 10.6 Å². The third-order valence-corrected chi connectivity index (χ3v) is 1.89. The first-order valence-corrected chi connectivity index (χ1v) is 5.31. The van der Waals surface area contributed by atoms with Gasteiger partial charge in [-0.3, -0.25) is 0 Å². The third-order valence-electron chi connectivity index (χ3n) is 1.89. The predicted octanol–water partition coefficient (Wildman–Crippen LogP) is 2.50. The van der Waals surface area contributed by atoms with Crippen LogP contribution in [0.15, 0.2) is 30.3 Å². The summed E-state index contributed by atoms with van der Waals surface area (Å²) in [7, 11) is 2.09. The molecule has 0 aliphatic rings. The van der Waals surface area contributed by atoms with Gasteiger partial charge in [0.15, 0.2) is 0 Å². The van der Waals surface area contributed by atoms with Crippen molar-refractivity contribution in [2.45, 2.75) is 20.3 Å². The van der Waals surface area contributed by atoms with Gasteiger partial charge in [0.2, 0.25) is 0 Å². The van der Waals surface area contributed by atoms with E-state index in [4.69, 9.17) is 5.73 Å². The second-order valence-corrected chi connectivity index (χ2v) is 2.90. The molecule has 1 rings (SSSR count). The first-order valence-electron chi connectivity index (χ1n) is 5.31. The highest BCUT2D eigenvalue weighted by molar-refractivity contribution is 5.44. The van der Waals surface area contributed by atoms with Crippen molar-refractivity contribution in [1.82, 2.24) is 0 Å². The molecule has 0 aromatic heterocycles. The SMILES string of the molecule is CC.CN(CCCN)c1ccccc1. The third kappa shape index (κ3) is 4.87. The van der Waals surface area contributed by atoms with E-state index in [0.29, 0.717) is 0 Å². The molecule has 80 valence electrons. The van der Waals surface area contributed by atoms with Gasteiger partial charge in [-0.2, -0.15) is 0 Å². The van der Waals surface area contributed by atoms with Gasteiger partial charge in [0.1, 0.15) is 0 Å². The molecule has 0 amide bonds. The van der Waals surface area contributed by atoms with Gasteiger partial charge in [-0.25, -0.2) is 0 Å². The van der Waals surface area contributed by atoms with E-state index in [0.717, 1.165) is 19.5 Å². The zero-order chi connectivity index (χ0) is 10.8. The average Bonchev–Trinajstić information content (AvgIpc) is 2.30. The fourth-order valence-electron chi connectivity index (χ4n) is 1.14. The summed E-state index contributed by atoms with van der Waals surface area (Å²) >= 11 is 0. The standard InChI is InChI=1S/C10H16N2.C2H6/c1-12(9-5-8-11)10-6-3-2-4-7-10;1-2/h2-4,6-7H,5,8-9,11H2,1H3;1-2H3. The lowest BCUT2D eigenvalue weighted by molar-refractivity contribution is 0.796. The zero-order valence-corrected chi connectivity index (χ0v) is 9.53. The van der Waals surface area contributed by atoms with Gasteiger partial charge in [0, 0.05) is 19.3 Å². The van der Waals surface area contributed by atoms with E-state index >= 15 is 0 Å². The van der Waals surface area contributed by atoms with Crippen LogP contribution in [0, 0.1) is 0 Å². The number of anilines is 1. The topological polar surface area (TPSA) is 29.3 Å². The van der Waals surface area contributed by atoms with E-state index in [9.17, 15) is 0 Å². The molecule has 0 saturated carbocycles. The normalized spacial score (nSPS) is 8.86. The molecule has 0 heterocycles. The minimum atomic E-state index is 0.761. The van der Waals surface area contributed by atoms with Crippen LogP contribution >= 0.6 is 0 Å². The van der Waals surface area contributed by atoms with Crippen molar-refractivity contribution >= 4 is 5.69 Å². The predicted molar refractivity (Wildman–Crippen MR) is 64.7 cm³/mol. The Morgan fingerprint density at radius 3 is 2.21 bits per heavy atom. The monoisotopic (exact) mass is 194 g/mol. The number of nitrogens with zero attached hydrogens (tertiary/aromatic N) is 1. The number of benzene rings is 1. The van der Waals surface area contributed by atoms with Crippen LogP contribution < -0.4 is 10.6 Å². The summed E-state index contributed by atoms with van der Waals surface area (Å²) < 4.78 is 0. The number of para-hydroxylation sites is 1. The Hall–Kier alpha value is -1.02. The van der Waals surface area contributed by atoms with Crippen molar-refractivity contribution in [2.24, 2.45) is 5.73 Å². The highest BCUT2D eigenvalue weighted by atomic mass is 15.1. The maximum atomic E-state index is 5.43. The molecule has 2 N–H and O–H groups in total. The maximum absolute atomic E-state index is 5.43. The summed E-state index contributed by atoms with van der Waals surface area (Å²) in [5.41, 5.74) is 6.68. The van der Waals surface area contributed by atoms with Crippen molar-refractivity contribution < 1.29 is 0 Å². The Morgan fingerprint density at radius 2 is 1.71 bits per heavy atom. The first-order chi connectivity index (χ1) is 6.84. The van der Waals surface area contributed by atoms with E-state index in [1.54, 1.807) is 0 Å². The van der Waals surface area contributed by atoms with Crippen LogP contribution in [0.3, 0.4) is 0 Å². The lowest BCUT2D eigenvalue weighted by Crippen LogP contribution is -2.20. The molecular weight excluding hydrogens is 172 g/mol. The Labute approximate surface area is 87.7 Å². The van der Waals surface area contributed by atoms with E-state index < -0.39 is 0 Å². The molecule has 0 aliphatic carbocycles. The van der Waals surface area contributed by atoms with Crippen molar-refractivity contribution in [3.05, 3.63) is 30.3 Å². The molecule has 0 bridgehead atoms. The van der Waals surface area contributed by atoms with Gasteiger partial charge >= 0.3 is 0 Å². The molecule has 0 fully saturated rings. The molecule has 0 saturated heterocycles. The smallest absolute Gasteiger partial charge is 0.0363 e. The molecule has 2 nitrogen and oxygen atoms in total. The largest absolute Gasteiger partial charge is 0.375 e. The molecule has 0 unspecified atom stereocenters. The van der Waals surface area contributed by atoms with Crippen LogP contribution in [0.4, 0.5) is 5.69 Å². The lowest BCUT2D eigenvalue weighted by Gasteiger charge is -2.18. The summed E-state index contributed by atoms with van der Waals surface area (Å²) in [6.07, 6.45) is 1.05. The second-order valence-electron chi connectivity index (χ2n) is 2.90. The molecule has 0 atom stereocenters. The summed E-state index contributed by atoms with van der Waals surface area (Å²) in [6, 6.07) is 10.3. The van der Waals surface area contributed by atoms with Crippen LogP contribution in [-0.4, -0.2) is 20.1 Å². The molecular formula is C12H22N2. The number of nitrogens with two attached hydrogens (primary N) is 1. The Balaban J connectivity index is 0.000000791. The van der Waals surface area contributed by atoms with Crippen LogP contribution in [0.2, 0.25) is 0 Å². The molecule has 14 heavy (non-hydrogen) atoms. The molecule has 0 aliphatic heterocycles. The number of rotatable bonds is 4. The zero-order valence-electron chi connectivity index (χ0n) is 9.53. The van der Waals surface area contributed by atoms with E-state index in [2.05, 4.69) is 24.1 Å². The lowest BCUT2D eigenvalue weighted by atomic mass is 10.3. The van der Waals surface area contributed by atoms with Crippen LogP contribution in [0.5, 0.6) is 0 Å². The average molecular weight is 194 g/mol. The van der Waals surface area contributed by atoms with Crippen LogP contribution in [-0.2, 0) is 0 Å². The molecule has 1 aromatic rings. The molecule has 0 radical (unpaired) electrons. The molecule has 0 spiro atoms. The second kappa shape index (κ2) is 8.57. The Morgan fingerprint density at radius 1 is 1.14 bits per heavy atom. The van der Waals surface area contributed by atoms with Gasteiger partial charge in [-0.1, -0.05) is 32.0 Å². The highest BCUT2D eigenvalue weighted by Gasteiger charge is 1.96. The molecule has 2 heteroatoms. The summed E-state index contributed by atoms with van der Waals surface area (Å²) in [4.78, 5) is 2.22. The fourth-order valence-corrected chi connectivity index (χ4v) is 1.14. The Kier molecular flexibility index (Phi) is 7.95.